The van der Waals surface area contributed by atoms with Crippen molar-refractivity contribution in [1.29, 1.82) is 0 Å². The predicted octanol–water partition coefficient (Wildman–Crippen LogP) is 0.495. The number of ketones is 4. The molecule has 0 bridgehead atoms. The van der Waals surface area contributed by atoms with Gasteiger partial charge < -0.3 is 131 Å². The lowest BCUT2D eigenvalue weighted by Crippen LogP contribution is -2.55. The van der Waals surface area contributed by atoms with Crippen LogP contribution in [0, 0.1) is 23.2 Å². The Kier molecular flexibility index (Phi) is 53.8. The molecule has 0 spiro atoms. The third-order valence-electron chi connectivity index (χ3n) is 17.2. The average Bonchev–Trinajstić information content (AvgIpc) is 0.835. The maximum absolute atomic E-state index is 13.7. The number of Topliss-reactive ketones (excluding diaryl/α,β-unsaturated/α-hetero) is 4. The van der Waals surface area contributed by atoms with E-state index in [2.05, 4.69) is 10.0 Å². The standard InChI is InChI=1S/C68H123N3O31/c1-49-59(79)62(82)56(43-72)100-65(49)97-39-36-91-33-30-88-27-24-85-18-7-11-52(75)14-21-94-46-68(42-55(78)10-5-4-6-17-70-71-69,47-95-22-15-53(76)12-8-19-86-25-28-89-31-34-92-37-40-98-66-50(2)60(80)63(83)57(44-73)101-66)48-96-23-16-54(77)13-9-20-87-26-29-90-32-35-93-38-41-99-67-51(3)61(81)64(84)58(45-74)102-67/h49-51,56-67,72-74,79-84H,4-48H2,1-3H3. The number of azide groups is 1. The minimum Gasteiger partial charge on any atom is -0.394 e. The zero-order chi connectivity index (χ0) is 74.4. The topological polar surface area (TPSA) is 465 Å². The third kappa shape index (κ3) is 40.7. The van der Waals surface area contributed by atoms with Crippen molar-refractivity contribution < 1.29 is 150 Å². The van der Waals surface area contributed by atoms with Crippen LogP contribution >= 0.6 is 0 Å². The first kappa shape index (κ1) is 93.1. The van der Waals surface area contributed by atoms with Gasteiger partial charge in [-0.3, -0.25) is 19.2 Å². The number of nitrogens with zero attached hydrogens (tertiary/aromatic N) is 3. The Morgan fingerprint density at radius 1 is 0.343 bits per heavy atom. The highest BCUT2D eigenvalue weighted by Crippen LogP contribution is 2.31. The van der Waals surface area contributed by atoms with Crippen molar-refractivity contribution in [1.82, 2.24) is 0 Å². The van der Waals surface area contributed by atoms with Gasteiger partial charge in [-0.2, -0.15) is 0 Å². The number of rotatable bonds is 68. The van der Waals surface area contributed by atoms with Crippen molar-refractivity contribution in [2.24, 2.45) is 28.3 Å². The molecule has 102 heavy (non-hydrogen) atoms. The first-order valence-electron chi connectivity index (χ1n) is 36.1. The summed E-state index contributed by atoms with van der Waals surface area (Å²) in [5.41, 5.74) is 7.64. The molecular weight excluding hydrogens is 1350 g/mol. The van der Waals surface area contributed by atoms with E-state index in [0.717, 1.165) is 0 Å². The smallest absolute Gasteiger partial charge is 0.163 e. The van der Waals surface area contributed by atoms with Crippen LogP contribution in [-0.4, -0.2) is 348 Å². The number of carbonyl (C=O) groups excluding carboxylic acids is 4. The molecule has 0 aromatic heterocycles. The lowest BCUT2D eigenvalue weighted by atomic mass is 9.84. The van der Waals surface area contributed by atoms with E-state index >= 15 is 0 Å². The second-order valence-corrected chi connectivity index (χ2v) is 25.6. The number of unbranched alkanes of at least 4 members (excludes halogenated alkanes) is 2. The van der Waals surface area contributed by atoms with Gasteiger partial charge in [0, 0.05) is 106 Å². The summed E-state index contributed by atoms with van der Waals surface area (Å²) >= 11 is 0. The highest BCUT2D eigenvalue weighted by molar-refractivity contribution is 5.80. The van der Waals surface area contributed by atoms with Gasteiger partial charge in [0.25, 0.3) is 0 Å². The molecule has 0 saturated carbocycles. The van der Waals surface area contributed by atoms with Crippen LogP contribution in [0.15, 0.2) is 5.11 Å². The molecule has 3 aliphatic heterocycles. The summed E-state index contributed by atoms with van der Waals surface area (Å²) < 4.78 is 102. The normalized spacial score (nSPS) is 25.9. The van der Waals surface area contributed by atoms with Crippen LogP contribution in [0.1, 0.15) is 111 Å². The molecule has 3 aliphatic rings. The van der Waals surface area contributed by atoms with Gasteiger partial charge in [0.1, 0.15) is 59.8 Å². The molecule has 9 N–H and O–H groups in total. The maximum atomic E-state index is 13.7. The Morgan fingerprint density at radius 2 is 0.618 bits per heavy atom. The zero-order valence-corrected chi connectivity index (χ0v) is 60.3. The minimum absolute atomic E-state index is 0.0132. The molecule has 3 rings (SSSR count). The van der Waals surface area contributed by atoms with E-state index < -0.39 is 117 Å². The Hall–Kier alpha value is -3.09. The largest absolute Gasteiger partial charge is 0.394 e. The van der Waals surface area contributed by atoms with Crippen LogP contribution in [0.25, 0.3) is 10.4 Å². The second kappa shape index (κ2) is 58.9. The van der Waals surface area contributed by atoms with E-state index in [4.69, 9.17) is 90.8 Å². The van der Waals surface area contributed by atoms with Gasteiger partial charge in [-0.15, -0.1) is 0 Å². The molecule has 3 heterocycles. The molecule has 3 fully saturated rings. The summed E-state index contributed by atoms with van der Waals surface area (Å²) in [5, 5.41) is 92.5. The molecular formula is C68H123N3O31. The lowest BCUT2D eigenvalue weighted by molar-refractivity contribution is -0.284. The second-order valence-electron chi connectivity index (χ2n) is 25.6. The molecule has 34 nitrogen and oxygen atoms in total. The first-order valence-corrected chi connectivity index (χ1v) is 36.1. The van der Waals surface area contributed by atoms with Crippen LogP contribution in [0.3, 0.4) is 0 Å². The molecule has 0 aliphatic carbocycles. The maximum Gasteiger partial charge on any atom is 0.163 e. The number of aliphatic hydroxyl groups excluding tert-OH is 9. The summed E-state index contributed by atoms with van der Waals surface area (Å²) in [6, 6.07) is 0. The Labute approximate surface area is 599 Å². The van der Waals surface area contributed by atoms with E-state index in [1.165, 1.54) is 0 Å². The van der Waals surface area contributed by atoms with Crippen molar-refractivity contribution in [3.05, 3.63) is 10.4 Å². The summed E-state index contributed by atoms with van der Waals surface area (Å²) in [6.07, 6.45) is -7.66. The summed E-state index contributed by atoms with van der Waals surface area (Å²) in [7, 11) is 0. The van der Waals surface area contributed by atoms with E-state index in [1.54, 1.807) is 20.8 Å². The molecule has 15 unspecified atom stereocenters. The molecule has 15 atom stereocenters. The molecule has 0 amide bonds. The van der Waals surface area contributed by atoms with Crippen molar-refractivity contribution in [2.45, 2.75) is 184 Å². The fourth-order valence-corrected chi connectivity index (χ4v) is 11.0. The number of carbonyl (C=O) groups is 4. The highest BCUT2D eigenvalue weighted by Gasteiger charge is 2.45. The van der Waals surface area contributed by atoms with Crippen molar-refractivity contribution in [2.75, 3.05) is 205 Å². The first-order chi connectivity index (χ1) is 49.4. The van der Waals surface area contributed by atoms with Gasteiger partial charge in [-0.1, -0.05) is 32.3 Å². The predicted molar refractivity (Wildman–Crippen MR) is 360 cm³/mol. The van der Waals surface area contributed by atoms with E-state index in [0.29, 0.717) is 144 Å². The van der Waals surface area contributed by atoms with Gasteiger partial charge in [0.2, 0.25) is 0 Å². The minimum atomic E-state index is -1.21. The van der Waals surface area contributed by atoms with E-state index in [-0.39, 0.29) is 154 Å². The average molecular weight is 1480 g/mol. The molecule has 0 aromatic carbocycles. The molecule has 3 saturated heterocycles. The Bertz CT molecular complexity index is 1980. The van der Waals surface area contributed by atoms with Gasteiger partial charge in [0.15, 0.2) is 18.9 Å². The van der Waals surface area contributed by atoms with Gasteiger partial charge in [0.05, 0.1) is 197 Å². The third-order valence-corrected chi connectivity index (χ3v) is 17.2. The molecule has 34 heteroatoms. The zero-order valence-electron chi connectivity index (χ0n) is 60.3. The van der Waals surface area contributed by atoms with Crippen LogP contribution < -0.4 is 0 Å². The van der Waals surface area contributed by atoms with E-state index in [1.807, 2.05) is 0 Å². The van der Waals surface area contributed by atoms with Gasteiger partial charge in [-0.05, 0) is 37.6 Å². The fraction of sp³-hybridized carbons (Fsp3) is 0.941. The molecule has 0 radical (unpaired) electrons. The summed E-state index contributed by atoms with van der Waals surface area (Å²) in [4.78, 5) is 55.5. The number of hydrogen-bond acceptors (Lipinski definition) is 32. The van der Waals surface area contributed by atoms with Crippen molar-refractivity contribution in [3.8, 4) is 0 Å². The monoisotopic (exact) mass is 1480 g/mol. The van der Waals surface area contributed by atoms with Crippen LogP contribution in [0.4, 0.5) is 0 Å². The number of aliphatic hydroxyl groups is 9. The van der Waals surface area contributed by atoms with Crippen LogP contribution in [0.5, 0.6) is 0 Å². The van der Waals surface area contributed by atoms with Crippen LogP contribution in [0.2, 0.25) is 0 Å². The summed E-state index contributed by atoms with van der Waals surface area (Å²) in [6.45, 7) is 9.88. The fourth-order valence-electron chi connectivity index (χ4n) is 11.0. The number of ether oxygens (including phenoxy) is 18. The molecule has 0 aromatic rings. The molecule has 596 valence electrons. The Balaban J connectivity index is 1.40. The Morgan fingerprint density at radius 3 is 0.902 bits per heavy atom. The highest BCUT2D eigenvalue weighted by atomic mass is 16.7. The van der Waals surface area contributed by atoms with E-state index in [9.17, 15) is 65.1 Å². The van der Waals surface area contributed by atoms with Gasteiger partial charge >= 0.3 is 0 Å². The van der Waals surface area contributed by atoms with Crippen molar-refractivity contribution in [3.63, 3.8) is 0 Å². The van der Waals surface area contributed by atoms with Crippen molar-refractivity contribution >= 4 is 23.1 Å². The van der Waals surface area contributed by atoms with Gasteiger partial charge in [-0.25, -0.2) is 0 Å². The quantitative estimate of drug-likeness (QED) is 0.0173. The number of hydrogen-bond donors (Lipinski definition) is 9. The lowest BCUT2D eigenvalue weighted by Gasteiger charge is -2.40. The summed E-state index contributed by atoms with van der Waals surface area (Å²) in [5.74, 6) is -1.75. The van der Waals surface area contributed by atoms with Crippen LogP contribution in [-0.2, 0) is 104 Å². The SMILES string of the molecule is CC1C(OCCOCCOCCOCCCC(=O)CCOCC(COCCC(=O)CCCOCCOCCOCCOC2OC(CO)C(O)C(O)C2C)(COCCC(=O)CCCOCCOCCOCCOC2OC(CO)C(O)C(O)C2C)CC(=O)CCCCCN=[N+]=[N-])OC(CO)C(O)C1O.